The molecule has 3 aromatic heterocycles. The van der Waals surface area contributed by atoms with E-state index in [2.05, 4.69) is 16.9 Å². The normalized spacial score (nSPS) is 22.6. The number of thiophene rings is 2. The minimum atomic E-state index is -0.171. The van der Waals surface area contributed by atoms with Gasteiger partial charge in [0.15, 0.2) is 0 Å². The van der Waals surface area contributed by atoms with Gasteiger partial charge in [-0.3, -0.25) is 14.2 Å². The zero-order valence-electron chi connectivity index (χ0n) is 18.1. The summed E-state index contributed by atoms with van der Waals surface area (Å²) in [5.74, 6) is 0.762. The molecule has 2 bridgehead atoms. The van der Waals surface area contributed by atoms with E-state index in [9.17, 15) is 9.59 Å². The van der Waals surface area contributed by atoms with Crippen LogP contribution in [0.3, 0.4) is 0 Å². The van der Waals surface area contributed by atoms with Gasteiger partial charge >= 0.3 is 0 Å². The fourth-order valence-corrected chi connectivity index (χ4v) is 6.81. The number of benzene rings is 1. The van der Waals surface area contributed by atoms with E-state index >= 15 is 0 Å². The second-order valence-electron chi connectivity index (χ2n) is 8.81. The lowest BCUT2D eigenvalue weighted by atomic mass is 10.0. The first-order valence-electron chi connectivity index (χ1n) is 11.2. The van der Waals surface area contributed by atoms with Crippen molar-refractivity contribution in [3.63, 3.8) is 0 Å². The standard InChI is InChI=1S/C25H23N3O3S2/c1-27-16-4-5-17(27)12-19(11-16)31-18-8-6-15(7-9-18)28-14-26-20-13-22(33-24(20)25(28)30)23(29)21-3-2-10-32-21/h2-3,6-10,13-14,16-17,19H,4-5,11-12H2,1H3/t16-,17+,19+. The third-order valence-corrected chi connectivity index (χ3v) is 8.86. The zero-order chi connectivity index (χ0) is 22.5. The number of nitrogens with zero attached hydrogens (tertiary/aromatic N) is 3. The Morgan fingerprint density at radius 1 is 1.09 bits per heavy atom. The van der Waals surface area contributed by atoms with Gasteiger partial charge in [-0.2, -0.15) is 0 Å². The Kier molecular flexibility index (Phi) is 5.16. The molecule has 2 fully saturated rings. The van der Waals surface area contributed by atoms with Gasteiger partial charge in [-0.15, -0.1) is 22.7 Å². The Labute approximate surface area is 199 Å². The van der Waals surface area contributed by atoms with Gasteiger partial charge in [-0.25, -0.2) is 4.98 Å². The summed E-state index contributed by atoms with van der Waals surface area (Å²) in [4.78, 5) is 34.0. The Hall–Kier alpha value is -2.81. The summed E-state index contributed by atoms with van der Waals surface area (Å²) in [6.07, 6.45) is 6.44. The monoisotopic (exact) mass is 477 g/mol. The molecule has 0 saturated carbocycles. The van der Waals surface area contributed by atoms with E-state index in [4.69, 9.17) is 4.74 Å². The largest absolute Gasteiger partial charge is 0.490 e. The van der Waals surface area contributed by atoms with Gasteiger partial charge in [0.05, 0.1) is 21.0 Å². The van der Waals surface area contributed by atoms with Gasteiger partial charge in [0.2, 0.25) is 5.78 Å². The van der Waals surface area contributed by atoms with Crippen LogP contribution in [-0.4, -0.2) is 45.5 Å². The molecule has 8 heteroatoms. The number of hydrogen-bond donors (Lipinski definition) is 0. The van der Waals surface area contributed by atoms with Crippen LogP contribution in [-0.2, 0) is 0 Å². The summed E-state index contributed by atoms with van der Waals surface area (Å²) >= 11 is 2.60. The van der Waals surface area contributed by atoms with Crippen LogP contribution in [0.4, 0.5) is 0 Å². The maximum atomic E-state index is 13.2. The van der Waals surface area contributed by atoms with Crippen LogP contribution < -0.4 is 10.3 Å². The molecule has 2 saturated heterocycles. The molecule has 6 rings (SSSR count). The molecular formula is C25H23N3O3S2. The summed E-state index contributed by atoms with van der Waals surface area (Å²) in [5, 5.41) is 1.87. The maximum absolute atomic E-state index is 13.2. The first-order valence-corrected chi connectivity index (χ1v) is 12.8. The van der Waals surface area contributed by atoms with Crippen LogP contribution in [0.25, 0.3) is 15.9 Å². The predicted molar refractivity (Wildman–Crippen MR) is 131 cm³/mol. The highest BCUT2D eigenvalue weighted by Gasteiger charge is 2.39. The summed E-state index contributed by atoms with van der Waals surface area (Å²) in [6.45, 7) is 0. The molecule has 1 aromatic carbocycles. The lowest BCUT2D eigenvalue weighted by Crippen LogP contribution is -2.43. The molecule has 0 aliphatic carbocycles. The van der Waals surface area contributed by atoms with E-state index in [-0.39, 0.29) is 17.4 Å². The number of rotatable bonds is 5. The second kappa shape index (κ2) is 8.20. The molecule has 0 radical (unpaired) electrons. The molecule has 0 N–H and O–H groups in total. The van der Waals surface area contributed by atoms with Crippen molar-refractivity contribution in [3.8, 4) is 11.4 Å². The fourth-order valence-electron chi connectivity index (χ4n) is 5.07. The van der Waals surface area contributed by atoms with Crippen LogP contribution >= 0.6 is 22.7 Å². The van der Waals surface area contributed by atoms with Crippen molar-refractivity contribution in [2.45, 2.75) is 43.9 Å². The minimum absolute atomic E-state index is 0.0669. The molecule has 4 aromatic rings. The lowest BCUT2D eigenvalue weighted by molar-refractivity contribution is 0.0661. The molecular weight excluding hydrogens is 454 g/mol. The lowest BCUT2D eigenvalue weighted by Gasteiger charge is -2.36. The van der Waals surface area contributed by atoms with Crippen molar-refractivity contribution in [2.75, 3.05) is 7.05 Å². The van der Waals surface area contributed by atoms with Crippen LogP contribution in [0.1, 0.15) is 40.2 Å². The SMILES string of the molecule is CN1[C@@H]2CC[C@H]1C[C@@H](Oc1ccc(-n3cnc4cc(C(=O)c5cccs5)sc4c3=O)cc1)C2. The van der Waals surface area contributed by atoms with Crippen molar-refractivity contribution in [1.29, 1.82) is 0 Å². The molecule has 2 aliphatic heterocycles. The Bertz CT molecular complexity index is 1360. The number of aromatic nitrogens is 2. The average molecular weight is 478 g/mol. The van der Waals surface area contributed by atoms with Gasteiger partial charge in [0.25, 0.3) is 5.56 Å². The van der Waals surface area contributed by atoms with Gasteiger partial charge in [0.1, 0.15) is 22.9 Å². The van der Waals surface area contributed by atoms with Gasteiger partial charge < -0.3 is 9.64 Å². The van der Waals surface area contributed by atoms with Crippen molar-refractivity contribution in [2.24, 2.45) is 0 Å². The number of carbonyl (C=O) groups is 1. The molecule has 5 heterocycles. The number of hydrogen-bond acceptors (Lipinski definition) is 7. The van der Waals surface area contributed by atoms with E-state index in [1.165, 1.54) is 46.4 Å². The molecule has 6 nitrogen and oxygen atoms in total. The maximum Gasteiger partial charge on any atom is 0.275 e. The third kappa shape index (κ3) is 3.72. The predicted octanol–water partition coefficient (Wildman–Crippen LogP) is 4.74. The van der Waals surface area contributed by atoms with Crippen molar-refractivity contribution >= 4 is 38.7 Å². The Balaban J connectivity index is 1.23. The van der Waals surface area contributed by atoms with Crippen molar-refractivity contribution in [1.82, 2.24) is 14.5 Å². The van der Waals surface area contributed by atoms with Crippen molar-refractivity contribution in [3.05, 3.63) is 74.3 Å². The molecule has 168 valence electrons. The highest BCUT2D eigenvalue weighted by molar-refractivity contribution is 7.21. The summed E-state index contributed by atoms with van der Waals surface area (Å²) < 4.78 is 8.29. The molecule has 0 unspecified atom stereocenters. The van der Waals surface area contributed by atoms with Crippen molar-refractivity contribution < 1.29 is 9.53 Å². The van der Waals surface area contributed by atoms with Crippen LogP contribution in [0, 0.1) is 0 Å². The number of carbonyl (C=O) groups excluding carboxylic acids is 1. The van der Waals surface area contributed by atoms with Crippen LogP contribution in [0.5, 0.6) is 5.75 Å². The first kappa shape index (κ1) is 20.8. The Morgan fingerprint density at radius 2 is 1.85 bits per heavy atom. The van der Waals surface area contributed by atoms with Crippen LogP contribution in [0.15, 0.2) is 59.0 Å². The second-order valence-corrected chi connectivity index (χ2v) is 10.8. The summed E-state index contributed by atoms with van der Waals surface area (Å²) in [5.41, 5.74) is 1.11. The fraction of sp³-hybridized carbons (Fsp3) is 0.320. The average Bonchev–Trinajstić information content (AvgIpc) is 3.54. The summed E-state index contributed by atoms with van der Waals surface area (Å²) in [7, 11) is 2.23. The minimum Gasteiger partial charge on any atom is -0.490 e. The molecule has 2 aliphatic rings. The number of fused-ring (bicyclic) bond motifs is 3. The topological polar surface area (TPSA) is 64.4 Å². The summed E-state index contributed by atoms with van der Waals surface area (Å²) in [6, 6.07) is 14.2. The molecule has 33 heavy (non-hydrogen) atoms. The molecule has 3 atom stereocenters. The number of ether oxygens (including phenoxy) is 1. The van der Waals surface area contributed by atoms with E-state index in [1.54, 1.807) is 12.1 Å². The quantitative estimate of drug-likeness (QED) is 0.389. The van der Waals surface area contributed by atoms with Gasteiger partial charge in [0, 0.05) is 12.1 Å². The highest BCUT2D eigenvalue weighted by atomic mass is 32.1. The van der Waals surface area contributed by atoms with E-state index < -0.39 is 0 Å². The van der Waals surface area contributed by atoms with E-state index in [0.29, 0.717) is 32.1 Å². The van der Waals surface area contributed by atoms with E-state index in [1.807, 2.05) is 35.7 Å². The first-order chi connectivity index (χ1) is 16.1. The highest BCUT2D eigenvalue weighted by Crippen LogP contribution is 2.36. The number of ketones is 1. The van der Waals surface area contributed by atoms with Crippen LogP contribution in [0.2, 0.25) is 0 Å². The van der Waals surface area contributed by atoms with Gasteiger partial charge in [-0.1, -0.05) is 6.07 Å². The van der Waals surface area contributed by atoms with Gasteiger partial charge in [-0.05, 0) is 74.5 Å². The van der Waals surface area contributed by atoms with E-state index in [0.717, 1.165) is 24.3 Å². The smallest absolute Gasteiger partial charge is 0.275 e. The molecule has 0 amide bonds. The Morgan fingerprint density at radius 3 is 2.55 bits per heavy atom. The molecule has 0 spiro atoms. The number of piperidine rings is 1. The third-order valence-electron chi connectivity index (χ3n) is 6.88. The zero-order valence-corrected chi connectivity index (χ0v) is 19.8.